The zero-order chi connectivity index (χ0) is 15.6. The molecule has 1 heterocycles. The molecule has 1 aromatic carbocycles. The zero-order valence-corrected chi connectivity index (χ0v) is 13.3. The molecule has 1 fully saturated rings. The van der Waals surface area contributed by atoms with Crippen LogP contribution >= 0.6 is 11.6 Å². The molecule has 0 spiro atoms. The molecular formula is C15H20ClN3O2. The van der Waals surface area contributed by atoms with E-state index in [2.05, 4.69) is 5.32 Å². The van der Waals surface area contributed by atoms with E-state index >= 15 is 0 Å². The lowest BCUT2D eigenvalue weighted by atomic mass is 10.2. The highest BCUT2D eigenvalue weighted by molar-refractivity contribution is 6.33. The highest BCUT2D eigenvalue weighted by Gasteiger charge is 2.35. The second-order valence-electron chi connectivity index (χ2n) is 5.45. The first-order valence-corrected chi connectivity index (χ1v) is 7.33. The van der Waals surface area contributed by atoms with Crippen LogP contribution in [0.15, 0.2) is 18.2 Å². The van der Waals surface area contributed by atoms with E-state index in [9.17, 15) is 9.59 Å². The van der Waals surface area contributed by atoms with Crippen LogP contribution in [-0.2, 0) is 4.79 Å². The largest absolute Gasteiger partial charge is 0.347 e. The van der Waals surface area contributed by atoms with Crippen molar-refractivity contribution in [3.05, 3.63) is 28.8 Å². The minimum absolute atomic E-state index is 0.0430. The fourth-order valence-corrected chi connectivity index (χ4v) is 2.80. The Kier molecular flexibility index (Phi) is 4.73. The maximum absolute atomic E-state index is 12.4. The molecule has 21 heavy (non-hydrogen) atoms. The van der Waals surface area contributed by atoms with Gasteiger partial charge in [0.1, 0.15) is 6.04 Å². The van der Waals surface area contributed by atoms with Crippen molar-refractivity contribution in [2.75, 3.05) is 26.0 Å². The number of nitrogens with zero attached hydrogens (tertiary/aromatic N) is 2. The SMILES string of the molecule is Cc1cccc(Cl)c1NC(=O)N1CCCC1C(=O)N(C)C. The number of likely N-dealkylation sites (tertiary alicyclic amines) is 1. The first kappa shape index (κ1) is 15.6. The van der Waals surface area contributed by atoms with Crippen molar-refractivity contribution in [2.24, 2.45) is 0 Å². The molecule has 1 unspecified atom stereocenters. The molecule has 1 N–H and O–H groups in total. The van der Waals surface area contributed by atoms with Crippen molar-refractivity contribution in [1.29, 1.82) is 0 Å². The molecule has 1 aliphatic rings. The van der Waals surface area contributed by atoms with Crippen molar-refractivity contribution in [1.82, 2.24) is 9.80 Å². The summed E-state index contributed by atoms with van der Waals surface area (Å²) in [4.78, 5) is 27.7. The average molecular weight is 310 g/mol. The standard InChI is InChI=1S/C15H20ClN3O2/c1-10-6-4-7-11(16)13(10)17-15(21)19-9-5-8-12(19)14(20)18(2)3/h4,6-7,12H,5,8-9H2,1-3H3,(H,17,21). The zero-order valence-electron chi connectivity index (χ0n) is 12.5. The van der Waals surface area contributed by atoms with Gasteiger partial charge in [-0.05, 0) is 31.4 Å². The van der Waals surface area contributed by atoms with Crippen LogP contribution in [0.5, 0.6) is 0 Å². The van der Waals surface area contributed by atoms with E-state index in [1.54, 1.807) is 25.1 Å². The number of halogens is 1. The van der Waals surface area contributed by atoms with Gasteiger partial charge in [-0.3, -0.25) is 4.79 Å². The molecule has 1 aromatic rings. The van der Waals surface area contributed by atoms with Crippen molar-refractivity contribution in [3.8, 4) is 0 Å². The third-order valence-corrected chi connectivity index (χ3v) is 4.01. The van der Waals surface area contributed by atoms with E-state index in [0.29, 0.717) is 23.7 Å². The highest BCUT2D eigenvalue weighted by atomic mass is 35.5. The smallest absolute Gasteiger partial charge is 0.322 e. The molecule has 6 heteroatoms. The van der Waals surface area contributed by atoms with Gasteiger partial charge in [0.2, 0.25) is 5.91 Å². The van der Waals surface area contributed by atoms with Crippen molar-refractivity contribution >= 4 is 29.2 Å². The maximum atomic E-state index is 12.4. The molecule has 0 saturated carbocycles. The number of anilines is 1. The number of urea groups is 1. The highest BCUT2D eigenvalue weighted by Crippen LogP contribution is 2.27. The Balaban J connectivity index is 2.14. The Morgan fingerprint density at radius 3 is 2.71 bits per heavy atom. The maximum Gasteiger partial charge on any atom is 0.322 e. The quantitative estimate of drug-likeness (QED) is 0.913. The third-order valence-electron chi connectivity index (χ3n) is 3.69. The Morgan fingerprint density at radius 2 is 2.10 bits per heavy atom. The summed E-state index contributed by atoms with van der Waals surface area (Å²) in [5, 5.41) is 3.33. The Bertz CT molecular complexity index is 540. The number of nitrogens with one attached hydrogen (secondary N) is 1. The van der Waals surface area contributed by atoms with E-state index in [0.717, 1.165) is 12.0 Å². The van der Waals surface area contributed by atoms with Gasteiger partial charge in [0.15, 0.2) is 0 Å². The van der Waals surface area contributed by atoms with E-state index in [1.807, 2.05) is 19.1 Å². The Morgan fingerprint density at radius 1 is 1.38 bits per heavy atom. The van der Waals surface area contributed by atoms with E-state index in [-0.39, 0.29) is 18.0 Å². The lowest BCUT2D eigenvalue weighted by molar-refractivity contribution is -0.132. The summed E-state index contributed by atoms with van der Waals surface area (Å²) >= 11 is 6.12. The minimum Gasteiger partial charge on any atom is -0.347 e. The van der Waals surface area contributed by atoms with Crippen molar-refractivity contribution in [3.63, 3.8) is 0 Å². The van der Waals surface area contributed by atoms with Crippen molar-refractivity contribution in [2.45, 2.75) is 25.8 Å². The number of para-hydroxylation sites is 1. The molecule has 1 atom stereocenters. The second-order valence-corrected chi connectivity index (χ2v) is 5.85. The van der Waals surface area contributed by atoms with Gasteiger partial charge < -0.3 is 15.1 Å². The monoisotopic (exact) mass is 309 g/mol. The number of carbonyl (C=O) groups is 2. The molecule has 2 rings (SSSR count). The lowest BCUT2D eigenvalue weighted by Gasteiger charge is -2.26. The number of hydrogen-bond acceptors (Lipinski definition) is 2. The average Bonchev–Trinajstić information content (AvgIpc) is 2.91. The predicted molar refractivity (Wildman–Crippen MR) is 83.6 cm³/mol. The van der Waals surface area contributed by atoms with Gasteiger partial charge in [-0.1, -0.05) is 23.7 Å². The van der Waals surface area contributed by atoms with Crippen LogP contribution in [-0.4, -0.2) is 48.4 Å². The molecule has 0 radical (unpaired) electrons. The fourth-order valence-electron chi connectivity index (χ4n) is 2.53. The summed E-state index contributed by atoms with van der Waals surface area (Å²) in [7, 11) is 3.41. The Hall–Kier alpha value is -1.75. The molecule has 0 aromatic heterocycles. The van der Waals surface area contributed by atoms with Gasteiger partial charge in [-0.15, -0.1) is 0 Å². The van der Waals surface area contributed by atoms with E-state index in [4.69, 9.17) is 11.6 Å². The number of hydrogen-bond donors (Lipinski definition) is 1. The number of benzene rings is 1. The normalized spacial score (nSPS) is 17.7. The van der Waals surface area contributed by atoms with Gasteiger partial charge in [0.05, 0.1) is 10.7 Å². The van der Waals surface area contributed by atoms with Crippen LogP contribution < -0.4 is 5.32 Å². The van der Waals surface area contributed by atoms with E-state index < -0.39 is 0 Å². The molecule has 3 amide bonds. The molecular weight excluding hydrogens is 290 g/mol. The van der Waals surface area contributed by atoms with Gasteiger partial charge in [0.25, 0.3) is 0 Å². The van der Waals surface area contributed by atoms with Crippen LogP contribution in [0.25, 0.3) is 0 Å². The number of aryl methyl sites for hydroxylation is 1. The summed E-state index contributed by atoms with van der Waals surface area (Å²) in [6, 6.07) is 4.79. The summed E-state index contributed by atoms with van der Waals surface area (Å²) in [6.07, 6.45) is 1.53. The van der Waals surface area contributed by atoms with Crippen LogP contribution in [0.4, 0.5) is 10.5 Å². The van der Waals surface area contributed by atoms with Crippen LogP contribution in [0.3, 0.4) is 0 Å². The fraction of sp³-hybridized carbons (Fsp3) is 0.467. The summed E-state index contributed by atoms with van der Waals surface area (Å²) in [5.41, 5.74) is 1.50. The van der Waals surface area contributed by atoms with Crippen LogP contribution in [0.1, 0.15) is 18.4 Å². The summed E-state index contributed by atoms with van der Waals surface area (Å²) < 4.78 is 0. The third kappa shape index (κ3) is 3.29. The predicted octanol–water partition coefficient (Wildman–Crippen LogP) is 2.73. The summed E-state index contributed by atoms with van der Waals surface area (Å²) in [5.74, 6) is -0.0430. The van der Waals surface area contributed by atoms with Crippen LogP contribution in [0.2, 0.25) is 5.02 Å². The van der Waals surface area contributed by atoms with Gasteiger partial charge >= 0.3 is 6.03 Å². The molecule has 0 aliphatic carbocycles. The molecule has 1 saturated heterocycles. The topological polar surface area (TPSA) is 52.7 Å². The number of likely N-dealkylation sites (N-methyl/N-ethyl adjacent to an activating group) is 1. The number of amides is 3. The van der Waals surface area contributed by atoms with Gasteiger partial charge in [-0.2, -0.15) is 0 Å². The lowest BCUT2D eigenvalue weighted by Crippen LogP contribution is -2.47. The first-order chi connectivity index (χ1) is 9.91. The number of carbonyl (C=O) groups excluding carboxylic acids is 2. The Labute approximate surface area is 129 Å². The van der Waals surface area contributed by atoms with Crippen molar-refractivity contribution < 1.29 is 9.59 Å². The summed E-state index contributed by atoms with van der Waals surface area (Å²) in [6.45, 7) is 2.47. The van der Waals surface area contributed by atoms with Crippen LogP contribution in [0, 0.1) is 6.92 Å². The van der Waals surface area contributed by atoms with Gasteiger partial charge in [0, 0.05) is 20.6 Å². The number of rotatable bonds is 2. The minimum atomic E-state index is -0.386. The van der Waals surface area contributed by atoms with Gasteiger partial charge in [-0.25, -0.2) is 4.79 Å². The first-order valence-electron chi connectivity index (χ1n) is 6.95. The molecule has 1 aliphatic heterocycles. The molecule has 114 valence electrons. The van der Waals surface area contributed by atoms with E-state index in [1.165, 1.54) is 4.90 Å². The molecule has 0 bridgehead atoms. The second kappa shape index (κ2) is 6.35. The molecule has 5 nitrogen and oxygen atoms in total.